The molecule has 1 atom stereocenters. The van der Waals surface area contributed by atoms with Gasteiger partial charge in [-0.1, -0.05) is 23.6 Å². The Kier molecular flexibility index (Phi) is 4.23. The van der Waals surface area contributed by atoms with Crippen LogP contribution in [0, 0.1) is 11.8 Å². The smallest absolute Gasteiger partial charge is 0.189 e. The predicted octanol–water partition coefficient (Wildman–Crippen LogP) is 4.28. The summed E-state index contributed by atoms with van der Waals surface area (Å²) in [6, 6.07) is 3.95. The first-order valence-electron chi connectivity index (χ1n) is 7.81. The van der Waals surface area contributed by atoms with Gasteiger partial charge in [0.05, 0.1) is 4.88 Å². The van der Waals surface area contributed by atoms with E-state index in [1.807, 2.05) is 22.1 Å². The Morgan fingerprint density at radius 2 is 2.25 bits per heavy atom. The Bertz CT molecular complexity index is 933. The number of halogens is 1. The molecule has 1 fully saturated rings. The summed E-state index contributed by atoms with van der Waals surface area (Å²) in [6.45, 7) is 2.52. The maximum Gasteiger partial charge on any atom is 0.189 e. The monoisotopic (exact) mass is 358 g/mol. The van der Waals surface area contributed by atoms with Crippen LogP contribution in [0.15, 0.2) is 17.5 Å². The first kappa shape index (κ1) is 15.6. The van der Waals surface area contributed by atoms with E-state index in [1.54, 1.807) is 18.3 Å². The normalized spacial score (nSPS) is 17.7. The average molecular weight is 359 g/mol. The van der Waals surface area contributed by atoms with Gasteiger partial charge >= 0.3 is 0 Å². The highest BCUT2D eigenvalue weighted by molar-refractivity contribution is 7.13. The minimum absolute atomic E-state index is 0.109. The molecule has 3 aromatic heterocycles. The Balaban J connectivity index is 1.95. The van der Waals surface area contributed by atoms with E-state index in [0.29, 0.717) is 28.0 Å². The second kappa shape index (κ2) is 6.52. The lowest BCUT2D eigenvalue weighted by atomic mass is 10.2. The van der Waals surface area contributed by atoms with Crippen LogP contribution in [0.2, 0.25) is 5.15 Å². The molecular weight excluding hydrogens is 344 g/mol. The van der Waals surface area contributed by atoms with Crippen molar-refractivity contribution in [3.8, 4) is 22.5 Å². The third-order valence-corrected chi connectivity index (χ3v) is 5.05. The lowest BCUT2D eigenvalue weighted by Crippen LogP contribution is -2.19. The number of thiophene rings is 1. The molecule has 5 nitrogen and oxygen atoms in total. The van der Waals surface area contributed by atoms with E-state index in [0.717, 1.165) is 30.7 Å². The summed E-state index contributed by atoms with van der Waals surface area (Å²) in [7, 11) is 0. The standard InChI is InChI=1S/C17H15ClN4OS/c1-2-6-12-19-14-15(18)20-16(11-7-5-10-24-11)21-17(14)22(12)13-8-3-4-9-23-13/h5,7,10,13H,3-4,8-9H2,1H3. The van der Waals surface area contributed by atoms with Crippen molar-refractivity contribution < 1.29 is 4.74 Å². The summed E-state index contributed by atoms with van der Waals surface area (Å²) < 4.78 is 7.91. The number of hydrogen-bond acceptors (Lipinski definition) is 5. The number of fused-ring (bicyclic) bond motifs is 1. The average Bonchev–Trinajstić information content (AvgIpc) is 3.24. The lowest BCUT2D eigenvalue weighted by Gasteiger charge is -2.24. The third kappa shape index (κ3) is 2.69. The maximum absolute atomic E-state index is 6.39. The third-order valence-electron chi connectivity index (χ3n) is 3.92. The molecule has 7 heteroatoms. The Morgan fingerprint density at radius 1 is 1.33 bits per heavy atom. The van der Waals surface area contributed by atoms with Gasteiger partial charge in [0.25, 0.3) is 0 Å². The van der Waals surface area contributed by atoms with Gasteiger partial charge in [0, 0.05) is 6.61 Å². The molecule has 0 aromatic carbocycles. The zero-order valence-corrected chi connectivity index (χ0v) is 14.7. The van der Waals surface area contributed by atoms with Gasteiger partial charge in [0.1, 0.15) is 11.7 Å². The van der Waals surface area contributed by atoms with Crippen LogP contribution >= 0.6 is 22.9 Å². The van der Waals surface area contributed by atoms with E-state index >= 15 is 0 Å². The summed E-state index contributed by atoms with van der Waals surface area (Å²) in [6.07, 6.45) is 3.00. The number of ether oxygens (including phenoxy) is 1. The number of rotatable bonds is 2. The first-order valence-corrected chi connectivity index (χ1v) is 9.07. The molecule has 0 N–H and O–H groups in total. The summed E-state index contributed by atoms with van der Waals surface area (Å²) in [4.78, 5) is 14.7. The molecule has 122 valence electrons. The number of nitrogens with zero attached hydrogens (tertiary/aromatic N) is 4. The van der Waals surface area contributed by atoms with Crippen LogP contribution in [-0.2, 0) is 4.74 Å². The van der Waals surface area contributed by atoms with Gasteiger partial charge in [-0.05, 0) is 43.6 Å². The van der Waals surface area contributed by atoms with Crippen molar-refractivity contribution in [1.82, 2.24) is 19.5 Å². The fourth-order valence-electron chi connectivity index (χ4n) is 2.86. The fourth-order valence-corrected chi connectivity index (χ4v) is 3.72. The van der Waals surface area contributed by atoms with Crippen molar-refractivity contribution in [1.29, 1.82) is 0 Å². The van der Waals surface area contributed by atoms with Crippen molar-refractivity contribution in [2.24, 2.45) is 0 Å². The van der Waals surface area contributed by atoms with E-state index in [1.165, 1.54) is 0 Å². The van der Waals surface area contributed by atoms with Crippen molar-refractivity contribution in [3.63, 3.8) is 0 Å². The van der Waals surface area contributed by atoms with Crippen LogP contribution in [-0.4, -0.2) is 26.1 Å². The topological polar surface area (TPSA) is 52.8 Å². The van der Waals surface area contributed by atoms with Crippen molar-refractivity contribution in [2.75, 3.05) is 6.61 Å². The fraction of sp³-hybridized carbons (Fsp3) is 0.353. The van der Waals surface area contributed by atoms with Gasteiger partial charge in [-0.3, -0.25) is 4.57 Å². The zero-order valence-electron chi connectivity index (χ0n) is 13.1. The maximum atomic E-state index is 6.39. The SMILES string of the molecule is CC#Cc1nc2c(Cl)nc(-c3cccs3)nc2n1C1CCCCO1. The second-order valence-corrected chi connectivity index (χ2v) is 6.79. The van der Waals surface area contributed by atoms with Gasteiger partial charge in [-0.25, -0.2) is 15.0 Å². The van der Waals surface area contributed by atoms with Crippen LogP contribution in [0.5, 0.6) is 0 Å². The van der Waals surface area contributed by atoms with E-state index in [2.05, 4.69) is 21.8 Å². The van der Waals surface area contributed by atoms with E-state index in [-0.39, 0.29) is 6.23 Å². The highest BCUT2D eigenvalue weighted by atomic mass is 35.5. The Labute approximate surface area is 148 Å². The van der Waals surface area contributed by atoms with E-state index < -0.39 is 0 Å². The molecular formula is C17H15ClN4OS. The molecule has 0 bridgehead atoms. The molecule has 3 aromatic rings. The summed E-state index contributed by atoms with van der Waals surface area (Å²) in [5.41, 5.74) is 1.26. The zero-order chi connectivity index (χ0) is 16.5. The minimum Gasteiger partial charge on any atom is -0.358 e. The molecule has 24 heavy (non-hydrogen) atoms. The first-order chi connectivity index (χ1) is 11.8. The number of imidazole rings is 1. The van der Waals surface area contributed by atoms with Crippen LogP contribution < -0.4 is 0 Å². The van der Waals surface area contributed by atoms with E-state index in [4.69, 9.17) is 21.3 Å². The summed E-state index contributed by atoms with van der Waals surface area (Å²) >= 11 is 7.97. The van der Waals surface area contributed by atoms with Crippen LogP contribution in [0.1, 0.15) is 38.2 Å². The molecule has 0 spiro atoms. The highest BCUT2D eigenvalue weighted by Crippen LogP contribution is 2.32. The summed E-state index contributed by atoms with van der Waals surface area (Å²) in [5.74, 6) is 7.18. The lowest BCUT2D eigenvalue weighted by molar-refractivity contribution is -0.0302. The second-order valence-electron chi connectivity index (χ2n) is 5.49. The molecule has 1 saturated heterocycles. The highest BCUT2D eigenvalue weighted by Gasteiger charge is 2.24. The molecule has 1 aliphatic rings. The van der Waals surface area contributed by atoms with Gasteiger partial charge in [0.2, 0.25) is 0 Å². The molecule has 1 unspecified atom stereocenters. The van der Waals surface area contributed by atoms with Crippen molar-refractivity contribution in [2.45, 2.75) is 32.4 Å². The van der Waals surface area contributed by atoms with Gasteiger partial charge < -0.3 is 4.74 Å². The van der Waals surface area contributed by atoms with Gasteiger partial charge in [-0.2, -0.15) is 0 Å². The Morgan fingerprint density at radius 3 is 2.96 bits per heavy atom. The molecule has 0 aliphatic carbocycles. The van der Waals surface area contributed by atoms with Crippen molar-refractivity contribution in [3.05, 3.63) is 28.5 Å². The number of hydrogen-bond donors (Lipinski definition) is 0. The molecule has 4 heterocycles. The van der Waals surface area contributed by atoms with Crippen LogP contribution in [0.25, 0.3) is 21.9 Å². The van der Waals surface area contributed by atoms with E-state index in [9.17, 15) is 0 Å². The summed E-state index contributed by atoms with van der Waals surface area (Å²) in [5, 5.41) is 2.34. The van der Waals surface area contributed by atoms with Gasteiger partial charge in [0.15, 0.2) is 22.4 Å². The Hall–Kier alpha value is -1.94. The van der Waals surface area contributed by atoms with Crippen molar-refractivity contribution >= 4 is 34.1 Å². The molecule has 0 saturated carbocycles. The van der Waals surface area contributed by atoms with Crippen LogP contribution in [0.3, 0.4) is 0 Å². The largest absolute Gasteiger partial charge is 0.358 e. The van der Waals surface area contributed by atoms with Gasteiger partial charge in [-0.15, -0.1) is 11.3 Å². The number of aromatic nitrogens is 4. The van der Waals surface area contributed by atoms with Crippen LogP contribution in [0.4, 0.5) is 0 Å². The molecule has 0 amide bonds. The quantitative estimate of drug-likeness (QED) is 0.507. The molecule has 0 radical (unpaired) electrons. The predicted molar refractivity (Wildman–Crippen MR) is 95.0 cm³/mol. The molecule has 1 aliphatic heterocycles. The molecule has 4 rings (SSSR count). The minimum atomic E-state index is -0.109.